The second kappa shape index (κ2) is 14.3. The largest absolute Gasteiger partial charge is 0.312 e. The molecule has 0 N–H and O–H groups in total. The molecule has 55 heavy (non-hydrogen) atoms. The maximum Gasteiger partial charge on any atom is 0.0713 e. The van der Waals surface area contributed by atoms with Crippen molar-refractivity contribution in [2.24, 2.45) is 0 Å². The highest BCUT2D eigenvalue weighted by molar-refractivity contribution is 7.26. The molecule has 1 aromatic heterocycles. The fourth-order valence-corrected chi connectivity index (χ4v) is 9.25. The van der Waals surface area contributed by atoms with Crippen LogP contribution in [0.15, 0.2) is 212 Å². The van der Waals surface area contributed by atoms with Gasteiger partial charge < -0.3 is 9.80 Å². The summed E-state index contributed by atoms with van der Waals surface area (Å²) in [5, 5.41) is 5.13. The average molecular weight is 723 g/mol. The lowest BCUT2D eigenvalue weighted by Gasteiger charge is -2.35. The summed E-state index contributed by atoms with van der Waals surface area (Å²) in [5.74, 6) is 0. The van der Waals surface area contributed by atoms with Gasteiger partial charge in [-0.1, -0.05) is 152 Å². The Bertz CT molecular complexity index is 2840. The van der Waals surface area contributed by atoms with Gasteiger partial charge in [0.2, 0.25) is 0 Å². The number of nitrogens with zero attached hydrogens (tertiary/aromatic N) is 2. The van der Waals surface area contributed by atoms with E-state index >= 15 is 0 Å². The Morgan fingerprint density at radius 3 is 1.60 bits per heavy atom. The standard InChI is InChI=1S/C52H38N2S/c1-5-15-37(16-6-1)39-25-30-44(31-26-39)53(42-20-9-3-10-21-42)49-35-48-47-34-29-41-19-13-14-24-46(41)52(47)55-51(48)36-50(49)54(43-22-11-4-12-23-43)45-32-27-40(28-33-45)38-17-7-2-8-18-38/h1-11,13-22,24-36H,12,23H2. The van der Waals surface area contributed by atoms with Crippen molar-refractivity contribution in [2.45, 2.75) is 12.8 Å². The Labute approximate surface area is 326 Å². The van der Waals surface area contributed by atoms with Gasteiger partial charge in [0.25, 0.3) is 0 Å². The number of rotatable bonds is 8. The van der Waals surface area contributed by atoms with Crippen molar-refractivity contribution >= 4 is 70.7 Å². The van der Waals surface area contributed by atoms with E-state index in [0.717, 1.165) is 41.3 Å². The van der Waals surface area contributed by atoms with Crippen molar-refractivity contribution in [2.75, 3.05) is 9.80 Å². The summed E-state index contributed by atoms with van der Waals surface area (Å²) in [6, 6.07) is 68.5. The van der Waals surface area contributed by atoms with Gasteiger partial charge >= 0.3 is 0 Å². The zero-order valence-corrected chi connectivity index (χ0v) is 31.2. The first kappa shape index (κ1) is 32.9. The van der Waals surface area contributed by atoms with Crippen LogP contribution in [0.4, 0.5) is 28.4 Å². The number of thiophene rings is 1. The predicted octanol–water partition coefficient (Wildman–Crippen LogP) is 15.4. The second-order valence-electron chi connectivity index (χ2n) is 14.1. The highest BCUT2D eigenvalue weighted by atomic mass is 32.1. The molecule has 2 nitrogen and oxygen atoms in total. The number of anilines is 5. The third-order valence-corrected chi connectivity index (χ3v) is 11.9. The lowest BCUT2D eigenvalue weighted by molar-refractivity contribution is 0.917. The molecular weight excluding hydrogens is 685 g/mol. The minimum absolute atomic E-state index is 0.947. The normalized spacial score (nSPS) is 12.6. The van der Waals surface area contributed by atoms with Crippen LogP contribution in [0, 0.1) is 0 Å². The molecule has 0 unspecified atom stereocenters. The van der Waals surface area contributed by atoms with Crippen LogP contribution in [0.2, 0.25) is 0 Å². The minimum Gasteiger partial charge on any atom is -0.312 e. The van der Waals surface area contributed by atoms with Crippen molar-refractivity contribution in [3.05, 3.63) is 212 Å². The van der Waals surface area contributed by atoms with Gasteiger partial charge in [0.05, 0.1) is 11.4 Å². The number of benzene rings is 8. The maximum absolute atomic E-state index is 2.50. The fourth-order valence-electron chi connectivity index (χ4n) is 7.99. The number of hydrogen-bond acceptors (Lipinski definition) is 3. The van der Waals surface area contributed by atoms with Crippen LogP contribution >= 0.6 is 11.3 Å². The van der Waals surface area contributed by atoms with Gasteiger partial charge in [0, 0.05) is 42.9 Å². The molecule has 0 amide bonds. The summed E-state index contributed by atoms with van der Waals surface area (Å²) >= 11 is 1.90. The van der Waals surface area contributed by atoms with E-state index in [0.29, 0.717) is 0 Å². The minimum atomic E-state index is 0.947. The molecule has 9 aromatic rings. The van der Waals surface area contributed by atoms with Crippen LogP contribution in [0.25, 0.3) is 53.2 Å². The SMILES string of the molecule is C1=CCCC(N(c2ccc(-c3ccccc3)cc2)c2cc3sc4c5ccccc5ccc4c3cc2N(c2ccccc2)c2ccc(-c3ccccc3)cc2)=C1. The van der Waals surface area contributed by atoms with Crippen LogP contribution in [0.3, 0.4) is 0 Å². The van der Waals surface area contributed by atoms with Crippen molar-refractivity contribution in [1.82, 2.24) is 0 Å². The highest BCUT2D eigenvalue weighted by Gasteiger charge is 2.26. The molecule has 0 bridgehead atoms. The van der Waals surface area contributed by atoms with Gasteiger partial charge in [-0.25, -0.2) is 0 Å². The van der Waals surface area contributed by atoms with Gasteiger partial charge in [-0.2, -0.15) is 0 Å². The molecule has 0 saturated heterocycles. The number of fused-ring (bicyclic) bond motifs is 5. The van der Waals surface area contributed by atoms with Crippen LogP contribution in [-0.4, -0.2) is 0 Å². The van der Waals surface area contributed by atoms with Gasteiger partial charge in [-0.3, -0.25) is 0 Å². The zero-order valence-electron chi connectivity index (χ0n) is 30.3. The smallest absolute Gasteiger partial charge is 0.0713 e. The first-order chi connectivity index (χ1) is 27.3. The van der Waals surface area contributed by atoms with E-state index in [2.05, 4.69) is 216 Å². The fraction of sp³-hybridized carbons (Fsp3) is 0.0385. The first-order valence-corrected chi connectivity index (χ1v) is 19.8. The van der Waals surface area contributed by atoms with E-state index < -0.39 is 0 Å². The van der Waals surface area contributed by atoms with Crippen molar-refractivity contribution in [3.8, 4) is 22.3 Å². The molecule has 0 saturated carbocycles. The summed E-state index contributed by atoms with van der Waals surface area (Å²) in [5.41, 5.74) is 11.7. The molecule has 0 aliphatic heterocycles. The van der Waals surface area contributed by atoms with Crippen molar-refractivity contribution in [1.29, 1.82) is 0 Å². The third-order valence-electron chi connectivity index (χ3n) is 10.7. The van der Waals surface area contributed by atoms with Gasteiger partial charge in [0.15, 0.2) is 0 Å². The van der Waals surface area contributed by atoms with E-state index in [-0.39, 0.29) is 0 Å². The monoisotopic (exact) mass is 722 g/mol. The lowest BCUT2D eigenvalue weighted by Crippen LogP contribution is -2.21. The molecule has 3 heteroatoms. The number of hydrogen-bond donors (Lipinski definition) is 0. The van der Waals surface area contributed by atoms with Crippen LogP contribution in [-0.2, 0) is 0 Å². The third kappa shape index (κ3) is 6.19. The Balaban J connectivity index is 1.24. The van der Waals surface area contributed by atoms with Gasteiger partial charge in [0.1, 0.15) is 0 Å². The molecule has 1 aliphatic rings. The van der Waals surface area contributed by atoms with Crippen molar-refractivity contribution < 1.29 is 0 Å². The van der Waals surface area contributed by atoms with Gasteiger partial charge in [-0.05, 0) is 100 Å². The topological polar surface area (TPSA) is 6.48 Å². The van der Waals surface area contributed by atoms with Crippen molar-refractivity contribution in [3.63, 3.8) is 0 Å². The zero-order chi connectivity index (χ0) is 36.6. The van der Waals surface area contributed by atoms with Crippen LogP contribution in [0.1, 0.15) is 12.8 Å². The van der Waals surface area contributed by atoms with Crippen LogP contribution in [0.5, 0.6) is 0 Å². The maximum atomic E-state index is 2.50. The van der Waals surface area contributed by atoms with Gasteiger partial charge in [-0.15, -0.1) is 11.3 Å². The molecule has 0 radical (unpaired) electrons. The Kier molecular flexibility index (Phi) is 8.55. The molecule has 0 spiro atoms. The van der Waals surface area contributed by atoms with E-state index in [4.69, 9.17) is 0 Å². The van der Waals surface area contributed by atoms with E-state index in [1.54, 1.807) is 0 Å². The molecule has 10 rings (SSSR count). The molecule has 262 valence electrons. The predicted molar refractivity (Wildman–Crippen MR) is 237 cm³/mol. The summed E-state index contributed by atoms with van der Waals surface area (Å²) < 4.78 is 2.60. The summed E-state index contributed by atoms with van der Waals surface area (Å²) in [6.45, 7) is 0. The number of allylic oxidation sites excluding steroid dienone is 4. The van der Waals surface area contributed by atoms with Crippen LogP contribution < -0.4 is 9.80 Å². The highest BCUT2D eigenvalue weighted by Crippen LogP contribution is 2.50. The van der Waals surface area contributed by atoms with E-state index in [1.807, 2.05) is 11.3 Å². The summed E-state index contributed by atoms with van der Waals surface area (Å²) in [7, 11) is 0. The Hall–Kier alpha value is -6.68. The van der Waals surface area contributed by atoms with E-state index in [9.17, 15) is 0 Å². The Morgan fingerprint density at radius 2 is 0.964 bits per heavy atom. The first-order valence-electron chi connectivity index (χ1n) is 19.0. The molecule has 1 heterocycles. The molecule has 0 fully saturated rings. The summed E-state index contributed by atoms with van der Waals surface area (Å²) in [4.78, 5) is 4.95. The lowest BCUT2D eigenvalue weighted by atomic mass is 10.0. The quantitative estimate of drug-likeness (QED) is 0.154. The summed E-state index contributed by atoms with van der Waals surface area (Å²) in [6.07, 6.45) is 8.72. The Morgan fingerprint density at radius 1 is 0.418 bits per heavy atom. The van der Waals surface area contributed by atoms with E-state index in [1.165, 1.54) is 58.9 Å². The molecule has 8 aromatic carbocycles. The number of para-hydroxylation sites is 1. The molecular formula is C52H38N2S. The molecule has 1 aliphatic carbocycles. The molecule has 0 atom stereocenters. The second-order valence-corrected chi connectivity index (χ2v) is 15.1. The average Bonchev–Trinajstić information content (AvgIpc) is 3.64.